The van der Waals surface area contributed by atoms with Crippen molar-refractivity contribution < 1.29 is 18.0 Å². The Bertz CT molecular complexity index is 505. The van der Waals surface area contributed by atoms with Crippen LogP contribution in [-0.4, -0.2) is 37.0 Å². The van der Waals surface area contributed by atoms with Crippen molar-refractivity contribution in [1.29, 1.82) is 0 Å². The van der Waals surface area contributed by atoms with Crippen LogP contribution in [-0.2, 0) is 0 Å². The molecule has 0 spiro atoms. The number of benzene rings is 1. The van der Waals surface area contributed by atoms with Gasteiger partial charge in [0.15, 0.2) is 17.5 Å². The topological polar surface area (TPSA) is 32.3 Å². The maximum Gasteiger partial charge on any atom is 0.254 e. The summed E-state index contributed by atoms with van der Waals surface area (Å²) >= 11 is 0. The van der Waals surface area contributed by atoms with Crippen LogP contribution in [0.1, 0.15) is 36.0 Å². The molecule has 0 heterocycles. The normalized spacial score (nSPS) is 22.1. The fourth-order valence-electron chi connectivity index (χ4n) is 2.80. The summed E-state index contributed by atoms with van der Waals surface area (Å²) in [4.78, 5) is 13.8. The van der Waals surface area contributed by atoms with E-state index in [1.807, 2.05) is 7.05 Å². The third kappa shape index (κ3) is 3.37. The van der Waals surface area contributed by atoms with Crippen LogP contribution >= 0.6 is 0 Å². The fraction of sp³-hybridized carbons (Fsp3) is 0.533. The van der Waals surface area contributed by atoms with E-state index in [0.717, 1.165) is 37.8 Å². The lowest BCUT2D eigenvalue weighted by atomic mass is 9.90. The van der Waals surface area contributed by atoms with Gasteiger partial charge in [-0.15, -0.1) is 0 Å². The van der Waals surface area contributed by atoms with Gasteiger partial charge in [-0.25, -0.2) is 13.2 Å². The minimum atomic E-state index is -1.55. The predicted octanol–water partition coefficient (Wildman–Crippen LogP) is 2.71. The Hall–Kier alpha value is -1.56. The fourth-order valence-corrected chi connectivity index (χ4v) is 2.80. The van der Waals surface area contributed by atoms with Gasteiger partial charge < -0.3 is 10.2 Å². The average Bonchev–Trinajstić information content (AvgIpc) is 2.50. The summed E-state index contributed by atoms with van der Waals surface area (Å²) in [6, 6.07) is 1.98. The molecule has 0 saturated heterocycles. The van der Waals surface area contributed by atoms with E-state index in [1.165, 1.54) is 4.90 Å². The Morgan fingerprint density at radius 1 is 1.14 bits per heavy atom. The van der Waals surface area contributed by atoms with Crippen molar-refractivity contribution in [2.45, 2.75) is 37.8 Å². The summed E-state index contributed by atoms with van der Waals surface area (Å²) in [5.41, 5.74) is -0.162. The molecule has 0 bridgehead atoms. The van der Waals surface area contributed by atoms with Gasteiger partial charge in [-0.05, 0) is 44.9 Å². The number of hydrogen-bond donors (Lipinski definition) is 1. The second kappa shape index (κ2) is 6.47. The van der Waals surface area contributed by atoms with Crippen LogP contribution in [0.4, 0.5) is 13.2 Å². The number of hydrogen-bond acceptors (Lipinski definition) is 2. The van der Waals surface area contributed by atoms with E-state index in [2.05, 4.69) is 5.32 Å². The predicted molar refractivity (Wildman–Crippen MR) is 73.5 cm³/mol. The van der Waals surface area contributed by atoms with Crippen LogP contribution in [0, 0.1) is 17.5 Å². The van der Waals surface area contributed by atoms with E-state index in [4.69, 9.17) is 0 Å². The lowest BCUT2D eigenvalue weighted by molar-refractivity contribution is 0.0684. The third-order valence-corrected chi connectivity index (χ3v) is 4.20. The van der Waals surface area contributed by atoms with E-state index >= 15 is 0 Å². The van der Waals surface area contributed by atoms with Crippen molar-refractivity contribution in [2.24, 2.45) is 0 Å². The van der Waals surface area contributed by atoms with Crippen molar-refractivity contribution in [1.82, 2.24) is 10.2 Å². The Kier molecular flexibility index (Phi) is 4.88. The zero-order valence-corrected chi connectivity index (χ0v) is 12.1. The van der Waals surface area contributed by atoms with Crippen molar-refractivity contribution in [2.75, 3.05) is 14.1 Å². The van der Waals surface area contributed by atoms with E-state index in [9.17, 15) is 18.0 Å². The van der Waals surface area contributed by atoms with Crippen molar-refractivity contribution in [3.63, 3.8) is 0 Å². The number of carbonyl (C=O) groups is 1. The maximum absolute atomic E-state index is 13.2. The first-order chi connectivity index (χ1) is 9.93. The van der Waals surface area contributed by atoms with Crippen LogP contribution in [0.5, 0.6) is 0 Å². The lowest BCUT2D eigenvalue weighted by Gasteiger charge is -2.34. The molecule has 2 rings (SSSR count). The highest BCUT2D eigenvalue weighted by Crippen LogP contribution is 2.24. The highest BCUT2D eigenvalue weighted by molar-refractivity contribution is 5.94. The molecule has 6 heteroatoms. The van der Waals surface area contributed by atoms with Gasteiger partial charge in [-0.1, -0.05) is 0 Å². The molecule has 1 aliphatic carbocycles. The molecule has 0 atom stereocenters. The SMILES string of the molecule is CNC1CCC(N(C)C(=O)c2cc(F)c(F)c(F)c2)CC1. The molecule has 1 aromatic rings. The highest BCUT2D eigenvalue weighted by Gasteiger charge is 2.27. The second-order valence-electron chi connectivity index (χ2n) is 5.46. The molecule has 0 radical (unpaired) electrons. The lowest BCUT2D eigenvalue weighted by Crippen LogP contribution is -2.42. The van der Waals surface area contributed by atoms with Gasteiger partial charge in [0.25, 0.3) is 5.91 Å². The van der Waals surface area contributed by atoms with Gasteiger partial charge in [-0.3, -0.25) is 4.79 Å². The minimum absolute atomic E-state index is 0.0401. The van der Waals surface area contributed by atoms with Crippen LogP contribution in [0.3, 0.4) is 0 Å². The molecule has 116 valence electrons. The molecule has 1 fully saturated rings. The van der Waals surface area contributed by atoms with Gasteiger partial charge in [0, 0.05) is 24.7 Å². The second-order valence-corrected chi connectivity index (χ2v) is 5.46. The molecule has 1 saturated carbocycles. The summed E-state index contributed by atoms with van der Waals surface area (Å²) in [6.45, 7) is 0. The van der Waals surface area contributed by atoms with Crippen LogP contribution in [0.15, 0.2) is 12.1 Å². The summed E-state index contributed by atoms with van der Waals surface area (Å²) in [5.74, 6) is -4.72. The number of rotatable bonds is 3. The van der Waals surface area contributed by atoms with E-state index in [0.29, 0.717) is 6.04 Å². The third-order valence-electron chi connectivity index (χ3n) is 4.20. The molecule has 0 aliphatic heterocycles. The monoisotopic (exact) mass is 300 g/mol. The van der Waals surface area contributed by atoms with Crippen LogP contribution in [0.25, 0.3) is 0 Å². The van der Waals surface area contributed by atoms with E-state index in [-0.39, 0.29) is 11.6 Å². The Morgan fingerprint density at radius 3 is 2.14 bits per heavy atom. The number of nitrogens with one attached hydrogen (secondary N) is 1. The number of halogens is 3. The first-order valence-electron chi connectivity index (χ1n) is 7.03. The summed E-state index contributed by atoms with van der Waals surface area (Å²) in [7, 11) is 3.52. The molecule has 21 heavy (non-hydrogen) atoms. The first kappa shape index (κ1) is 15.8. The Balaban J connectivity index is 2.09. The summed E-state index contributed by atoms with van der Waals surface area (Å²) < 4.78 is 39.3. The van der Waals surface area contributed by atoms with Crippen molar-refractivity contribution in [3.8, 4) is 0 Å². The molecular formula is C15H19F3N2O. The smallest absolute Gasteiger partial charge is 0.254 e. The van der Waals surface area contributed by atoms with Gasteiger partial charge in [0.1, 0.15) is 0 Å². The molecular weight excluding hydrogens is 281 g/mol. The van der Waals surface area contributed by atoms with E-state index in [1.54, 1.807) is 7.05 Å². The van der Waals surface area contributed by atoms with Gasteiger partial charge in [0.05, 0.1) is 0 Å². The van der Waals surface area contributed by atoms with Gasteiger partial charge in [0.2, 0.25) is 0 Å². The van der Waals surface area contributed by atoms with Gasteiger partial charge >= 0.3 is 0 Å². The summed E-state index contributed by atoms with van der Waals surface area (Å²) in [5, 5.41) is 3.20. The average molecular weight is 300 g/mol. The van der Waals surface area contributed by atoms with Crippen molar-refractivity contribution in [3.05, 3.63) is 35.1 Å². The summed E-state index contributed by atoms with van der Waals surface area (Å²) in [6.07, 6.45) is 3.57. The molecule has 1 amide bonds. The minimum Gasteiger partial charge on any atom is -0.339 e. The van der Waals surface area contributed by atoms with E-state index < -0.39 is 23.4 Å². The maximum atomic E-state index is 13.2. The first-order valence-corrected chi connectivity index (χ1v) is 7.03. The number of nitrogens with zero attached hydrogens (tertiary/aromatic N) is 1. The molecule has 1 N–H and O–H groups in total. The zero-order valence-electron chi connectivity index (χ0n) is 12.1. The molecule has 3 nitrogen and oxygen atoms in total. The quantitative estimate of drug-likeness (QED) is 0.871. The van der Waals surface area contributed by atoms with Crippen LogP contribution in [0.2, 0.25) is 0 Å². The molecule has 0 unspecified atom stereocenters. The van der Waals surface area contributed by atoms with Crippen LogP contribution < -0.4 is 5.32 Å². The molecule has 1 aliphatic rings. The molecule has 1 aromatic carbocycles. The standard InChI is InChI=1S/C15H19F3N2O/c1-19-10-3-5-11(6-4-10)20(2)15(21)9-7-12(16)14(18)13(17)8-9/h7-8,10-11,19H,3-6H2,1-2H3. The largest absolute Gasteiger partial charge is 0.339 e. The number of amides is 1. The highest BCUT2D eigenvalue weighted by atomic mass is 19.2. The zero-order chi connectivity index (χ0) is 15.6. The Labute approximate surface area is 122 Å². The van der Waals surface area contributed by atoms with Gasteiger partial charge in [-0.2, -0.15) is 0 Å². The number of carbonyl (C=O) groups excluding carboxylic acids is 1. The molecule has 0 aromatic heterocycles. The van der Waals surface area contributed by atoms with Crippen molar-refractivity contribution >= 4 is 5.91 Å². The Morgan fingerprint density at radius 2 is 1.67 bits per heavy atom.